The second-order valence-electron chi connectivity index (χ2n) is 5.40. The van der Waals surface area contributed by atoms with Gasteiger partial charge in [-0.3, -0.25) is 0 Å². The average Bonchev–Trinajstić information content (AvgIpc) is 2.99. The van der Waals surface area contributed by atoms with Crippen molar-refractivity contribution in [2.45, 2.75) is 23.8 Å². The van der Waals surface area contributed by atoms with Crippen LogP contribution in [-0.2, 0) is 14.8 Å². The van der Waals surface area contributed by atoms with E-state index in [2.05, 4.69) is 0 Å². The van der Waals surface area contributed by atoms with Gasteiger partial charge >= 0.3 is 0 Å². The third kappa shape index (κ3) is 2.81. The Balaban J connectivity index is 1.95. The highest BCUT2D eigenvalue weighted by molar-refractivity contribution is 7.89. The zero-order valence-corrected chi connectivity index (χ0v) is 12.8. The maximum absolute atomic E-state index is 12.8. The van der Waals surface area contributed by atoms with E-state index in [1.807, 2.05) is 30.3 Å². The van der Waals surface area contributed by atoms with Crippen LogP contribution in [0.15, 0.2) is 47.4 Å². The maximum Gasteiger partial charge on any atom is 0.243 e. The molecule has 1 fully saturated rings. The Morgan fingerprint density at radius 2 is 1.95 bits per heavy atom. The smallest absolute Gasteiger partial charge is 0.243 e. The third-order valence-electron chi connectivity index (χ3n) is 3.92. The van der Waals surface area contributed by atoms with E-state index < -0.39 is 10.0 Å². The van der Waals surface area contributed by atoms with Gasteiger partial charge in [-0.15, -0.1) is 0 Å². The lowest BCUT2D eigenvalue weighted by Gasteiger charge is -2.21. The Bertz CT molecular complexity index is 731. The molecule has 1 aliphatic rings. The summed E-state index contributed by atoms with van der Waals surface area (Å²) in [4.78, 5) is 0.362. The van der Waals surface area contributed by atoms with Crippen molar-refractivity contribution in [3.8, 4) is 0 Å². The number of benzene rings is 2. The highest BCUT2D eigenvalue weighted by Gasteiger charge is 2.27. The molecule has 1 saturated heterocycles. The summed E-state index contributed by atoms with van der Waals surface area (Å²) < 4.78 is 32.6. The lowest BCUT2D eigenvalue weighted by molar-refractivity contribution is 0.0979. The van der Waals surface area contributed by atoms with E-state index in [1.54, 1.807) is 19.2 Å². The monoisotopic (exact) mass is 305 g/mol. The number of likely N-dealkylation sites (N-methyl/N-ethyl adjacent to an activating group) is 1. The summed E-state index contributed by atoms with van der Waals surface area (Å²) in [5.74, 6) is 0. The van der Waals surface area contributed by atoms with Crippen LogP contribution in [0.25, 0.3) is 10.8 Å². The highest BCUT2D eigenvalue weighted by Crippen LogP contribution is 2.26. The standard InChI is InChI=1S/C16H19NO3S/c1-17(12-14-8-5-11-20-14)21(18,19)16-10-4-7-13-6-2-3-9-15(13)16/h2-4,6-7,9-10,14H,5,8,11-12H2,1H3. The first-order valence-corrected chi connectivity index (χ1v) is 8.59. The van der Waals surface area contributed by atoms with Crippen LogP contribution in [0.1, 0.15) is 12.8 Å². The van der Waals surface area contributed by atoms with Crippen LogP contribution < -0.4 is 0 Å². The summed E-state index contributed by atoms with van der Waals surface area (Å²) in [5.41, 5.74) is 0. The van der Waals surface area contributed by atoms with E-state index in [0.29, 0.717) is 11.4 Å². The van der Waals surface area contributed by atoms with Crippen LogP contribution in [0, 0.1) is 0 Å². The number of hydrogen-bond acceptors (Lipinski definition) is 3. The number of fused-ring (bicyclic) bond motifs is 1. The molecule has 112 valence electrons. The molecule has 0 aliphatic carbocycles. The number of sulfonamides is 1. The Morgan fingerprint density at radius 1 is 1.19 bits per heavy atom. The fraction of sp³-hybridized carbons (Fsp3) is 0.375. The van der Waals surface area contributed by atoms with E-state index in [-0.39, 0.29) is 6.10 Å². The minimum Gasteiger partial charge on any atom is -0.377 e. The molecule has 3 rings (SSSR count). The van der Waals surface area contributed by atoms with Gasteiger partial charge in [-0.1, -0.05) is 36.4 Å². The maximum atomic E-state index is 12.8. The predicted octanol–water partition coefficient (Wildman–Crippen LogP) is 2.64. The van der Waals surface area contributed by atoms with Gasteiger partial charge in [0.25, 0.3) is 0 Å². The summed E-state index contributed by atoms with van der Waals surface area (Å²) in [5, 5.41) is 1.70. The molecule has 2 aromatic rings. The minimum atomic E-state index is -3.50. The third-order valence-corrected chi connectivity index (χ3v) is 5.80. The van der Waals surface area contributed by atoms with E-state index in [0.717, 1.165) is 30.2 Å². The molecule has 1 unspecified atom stereocenters. The van der Waals surface area contributed by atoms with E-state index in [4.69, 9.17) is 4.74 Å². The van der Waals surface area contributed by atoms with Gasteiger partial charge in [-0.2, -0.15) is 4.31 Å². The molecule has 0 aromatic heterocycles. The molecule has 0 radical (unpaired) electrons. The second kappa shape index (κ2) is 5.75. The van der Waals surface area contributed by atoms with Crippen molar-refractivity contribution in [3.05, 3.63) is 42.5 Å². The van der Waals surface area contributed by atoms with Crippen LogP contribution in [0.5, 0.6) is 0 Å². The molecule has 21 heavy (non-hydrogen) atoms. The van der Waals surface area contributed by atoms with Crippen molar-refractivity contribution in [1.82, 2.24) is 4.31 Å². The predicted molar refractivity (Wildman–Crippen MR) is 82.7 cm³/mol. The second-order valence-corrected chi connectivity index (χ2v) is 7.41. The van der Waals surface area contributed by atoms with E-state index >= 15 is 0 Å². The SMILES string of the molecule is CN(CC1CCCO1)S(=O)(=O)c1cccc2ccccc12. The molecule has 1 aliphatic heterocycles. The van der Waals surface area contributed by atoms with Crippen molar-refractivity contribution in [3.63, 3.8) is 0 Å². The fourth-order valence-electron chi connectivity index (χ4n) is 2.76. The van der Waals surface area contributed by atoms with Crippen LogP contribution in [0.4, 0.5) is 0 Å². The van der Waals surface area contributed by atoms with Gasteiger partial charge < -0.3 is 4.74 Å². The van der Waals surface area contributed by atoms with Crippen LogP contribution >= 0.6 is 0 Å². The number of hydrogen-bond donors (Lipinski definition) is 0. The zero-order valence-electron chi connectivity index (χ0n) is 12.0. The Hall–Kier alpha value is -1.43. The Kier molecular flexibility index (Phi) is 3.97. The first kappa shape index (κ1) is 14.5. The molecule has 0 N–H and O–H groups in total. The number of nitrogens with zero attached hydrogens (tertiary/aromatic N) is 1. The Labute approximate surface area is 125 Å². The van der Waals surface area contributed by atoms with Crippen molar-refractivity contribution >= 4 is 20.8 Å². The normalized spacial score (nSPS) is 19.4. The van der Waals surface area contributed by atoms with E-state index in [1.165, 1.54) is 4.31 Å². The molecule has 1 atom stereocenters. The summed E-state index contributed by atoms with van der Waals surface area (Å²) in [6.07, 6.45) is 1.95. The molecule has 5 heteroatoms. The average molecular weight is 305 g/mol. The number of ether oxygens (including phenoxy) is 1. The molecule has 0 amide bonds. The molecule has 0 saturated carbocycles. The van der Waals surface area contributed by atoms with Gasteiger partial charge in [-0.25, -0.2) is 8.42 Å². The van der Waals surface area contributed by atoms with Crippen molar-refractivity contribution in [2.75, 3.05) is 20.2 Å². The van der Waals surface area contributed by atoms with Crippen molar-refractivity contribution in [2.24, 2.45) is 0 Å². The van der Waals surface area contributed by atoms with Crippen LogP contribution in [0.2, 0.25) is 0 Å². The van der Waals surface area contributed by atoms with Gasteiger partial charge in [-0.05, 0) is 24.3 Å². The zero-order chi connectivity index (χ0) is 14.9. The van der Waals surface area contributed by atoms with Crippen LogP contribution in [0.3, 0.4) is 0 Å². The van der Waals surface area contributed by atoms with Gasteiger partial charge in [0.1, 0.15) is 0 Å². The van der Waals surface area contributed by atoms with Crippen molar-refractivity contribution in [1.29, 1.82) is 0 Å². The summed E-state index contributed by atoms with van der Waals surface area (Å²) in [6, 6.07) is 12.9. The van der Waals surface area contributed by atoms with Crippen LogP contribution in [-0.4, -0.2) is 39.0 Å². The van der Waals surface area contributed by atoms with Crippen molar-refractivity contribution < 1.29 is 13.2 Å². The molecule has 4 nitrogen and oxygen atoms in total. The molecule has 1 heterocycles. The summed E-state index contributed by atoms with van der Waals surface area (Å²) in [6.45, 7) is 1.14. The largest absolute Gasteiger partial charge is 0.377 e. The van der Waals surface area contributed by atoms with Gasteiger partial charge in [0.15, 0.2) is 0 Å². The summed E-state index contributed by atoms with van der Waals surface area (Å²) in [7, 11) is -1.88. The quantitative estimate of drug-likeness (QED) is 0.872. The Morgan fingerprint density at radius 3 is 2.71 bits per heavy atom. The molecular weight excluding hydrogens is 286 g/mol. The topological polar surface area (TPSA) is 46.6 Å². The highest BCUT2D eigenvalue weighted by atomic mass is 32.2. The lowest BCUT2D eigenvalue weighted by Crippen LogP contribution is -2.34. The minimum absolute atomic E-state index is 0.0137. The molecular formula is C16H19NO3S. The van der Waals surface area contributed by atoms with Gasteiger partial charge in [0.05, 0.1) is 11.0 Å². The molecule has 0 bridgehead atoms. The summed E-state index contributed by atoms with van der Waals surface area (Å²) >= 11 is 0. The van der Waals surface area contributed by atoms with Gasteiger partial charge in [0, 0.05) is 25.6 Å². The number of rotatable bonds is 4. The first-order valence-electron chi connectivity index (χ1n) is 7.15. The van der Waals surface area contributed by atoms with Gasteiger partial charge in [0.2, 0.25) is 10.0 Å². The van der Waals surface area contributed by atoms with E-state index in [9.17, 15) is 8.42 Å². The first-order chi connectivity index (χ1) is 10.1. The fourth-order valence-corrected chi connectivity index (χ4v) is 4.17. The molecule has 0 spiro atoms. The lowest BCUT2D eigenvalue weighted by atomic mass is 10.1. The molecule has 2 aromatic carbocycles.